The molecule has 5 heteroatoms. The van der Waals surface area contributed by atoms with E-state index in [4.69, 9.17) is 9.84 Å². The molecular weight excluding hydrogens is 476 g/mol. The standard InChI is InChI=1S/C33H50O5/c1-20(2)21-12-17-33(38-27(37)11-10-26(35)36)19-18-31(6)22(28(21)33)8-9-24-30(5)15-14-25(34)29(3,4)23(30)13-16-32(24,31)7/h10-11,21-25,28,34H,1,8-9,12-19H2,2-7H3,(H,35,36)/b11-10+. The van der Waals surface area contributed by atoms with Crippen molar-refractivity contribution in [3.8, 4) is 0 Å². The molecule has 0 aromatic carbocycles. The molecule has 38 heavy (non-hydrogen) atoms. The molecule has 0 spiro atoms. The average molecular weight is 527 g/mol. The minimum absolute atomic E-state index is 0.0536. The number of ether oxygens (including phenoxy) is 1. The van der Waals surface area contributed by atoms with E-state index in [0.29, 0.717) is 23.7 Å². The van der Waals surface area contributed by atoms with Gasteiger partial charge in [-0.15, -0.1) is 0 Å². The van der Waals surface area contributed by atoms with E-state index in [-0.39, 0.29) is 33.7 Å². The van der Waals surface area contributed by atoms with Crippen LogP contribution in [0.2, 0.25) is 0 Å². The van der Waals surface area contributed by atoms with Gasteiger partial charge in [0.05, 0.1) is 6.10 Å². The van der Waals surface area contributed by atoms with Gasteiger partial charge < -0.3 is 14.9 Å². The molecule has 0 aromatic heterocycles. The fourth-order valence-corrected chi connectivity index (χ4v) is 11.6. The minimum Gasteiger partial charge on any atom is -0.478 e. The van der Waals surface area contributed by atoms with Gasteiger partial charge in [-0.05, 0) is 116 Å². The number of hydrogen-bond acceptors (Lipinski definition) is 4. The Morgan fingerprint density at radius 1 is 0.842 bits per heavy atom. The van der Waals surface area contributed by atoms with E-state index in [2.05, 4.69) is 48.1 Å². The van der Waals surface area contributed by atoms with Crippen LogP contribution in [0.15, 0.2) is 24.3 Å². The number of carboxylic acids is 1. The number of carboxylic acid groups (broad SMARTS) is 1. The Labute approximate surface area is 229 Å². The molecule has 10 atom stereocenters. The van der Waals surface area contributed by atoms with Crippen LogP contribution >= 0.6 is 0 Å². The lowest BCUT2D eigenvalue weighted by atomic mass is 9.33. The molecule has 0 radical (unpaired) electrons. The van der Waals surface area contributed by atoms with Gasteiger partial charge in [-0.25, -0.2) is 9.59 Å². The maximum Gasteiger partial charge on any atom is 0.331 e. The second-order valence-electron chi connectivity index (χ2n) is 15.2. The van der Waals surface area contributed by atoms with Crippen LogP contribution in [0.3, 0.4) is 0 Å². The Kier molecular flexibility index (Phi) is 6.57. The zero-order chi connectivity index (χ0) is 27.9. The molecule has 5 nitrogen and oxygen atoms in total. The summed E-state index contributed by atoms with van der Waals surface area (Å²) in [5.74, 6) is 0.503. The van der Waals surface area contributed by atoms with Crippen LogP contribution in [0.5, 0.6) is 0 Å². The molecule has 0 aromatic rings. The number of hydrogen-bond donors (Lipinski definition) is 2. The van der Waals surface area contributed by atoms with Gasteiger partial charge in [0.25, 0.3) is 0 Å². The summed E-state index contributed by atoms with van der Waals surface area (Å²) in [5.41, 5.74) is 1.16. The third kappa shape index (κ3) is 3.73. The summed E-state index contributed by atoms with van der Waals surface area (Å²) in [6, 6.07) is 0. The predicted octanol–water partition coefficient (Wildman–Crippen LogP) is 6.94. The number of carbonyl (C=O) groups excluding carboxylic acids is 1. The summed E-state index contributed by atoms with van der Waals surface area (Å²) in [4.78, 5) is 23.9. The van der Waals surface area contributed by atoms with E-state index in [1.54, 1.807) is 0 Å². The van der Waals surface area contributed by atoms with E-state index in [9.17, 15) is 14.7 Å². The summed E-state index contributed by atoms with van der Waals surface area (Å²) < 4.78 is 6.28. The molecule has 5 aliphatic rings. The van der Waals surface area contributed by atoms with Crippen LogP contribution in [-0.2, 0) is 14.3 Å². The topological polar surface area (TPSA) is 83.8 Å². The second-order valence-corrected chi connectivity index (χ2v) is 15.2. The van der Waals surface area contributed by atoms with Crippen molar-refractivity contribution < 1.29 is 24.5 Å². The van der Waals surface area contributed by atoms with Gasteiger partial charge in [-0.3, -0.25) is 0 Å². The molecule has 10 unspecified atom stereocenters. The third-order valence-electron chi connectivity index (χ3n) is 13.6. The van der Waals surface area contributed by atoms with Gasteiger partial charge in [-0.1, -0.05) is 46.8 Å². The maximum absolute atomic E-state index is 12.8. The number of carbonyl (C=O) groups is 2. The maximum atomic E-state index is 12.8. The Balaban J connectivity index is 1.51. The van der Waals surface area contributed by atoms with Crippen LogP contribution < -0.4 is 0 Å². The van der Waals surface area contributed by atoms with Gasteiger partial charge in [0.2, 0.25) is 0 Å². The van der Waals surface area contributed by atoms with Crippen LogP contribution in [0.4, 0.5) is 0 Å². The van der Waals surface area contributed by atoms with Crippen molar-refractivity contribution in [3.63, 3.8) is 0 Å². The highest BCUT2D eigenvalue weighted by molar-refractivity contribution is 5.91. The summed E-state index contributed by atoms with van der Waals surface area (Å²) in [6.07, 6.45) is 12.1. The largest absolute Gasteiger partial charge is 0.478 e. The van der Waals surface area contributed by atoms with Crippen LogP contribution in [-0.4, -0.2) is 33.9 Å². The van der Waals surface area contributed by atoms with Crippen molar-refractivity contribution in [1.82, 2.24) is 0 Å². The number of aliphatic hydroxyl groups excluding tert-OH is 1. The van der Waals surface area contributed by atoms with Gasteiger partial charge in [0.15, 0.2) is 0 Å². The highest BCUT2D eigenvalue weighted by Gasteiger charge is 2.71. The Hall–Kier alpha value is -1.62. The van der Waals surface area contributed by atoms with Crippen molar-refractivity contribution in [2.45, 2.75) is 117 Å². The first kappa shape index (κ1) is 27.9. The molecule has 0 aliphatic heterocycles. The number of esters is 1. The fourth-order valence-electron chi connectivity index (χ4n) is 11.6. The Morgan fingerprint density at radius 3 is 2.21 bits per heavy atom. The Morgan fingerprint density at radius 2 is 1.55 bits per heavy atom. The van der Waals surface area contributed by atoms with Crippen molar-refractivity contribution in [2.75, 3.05) is 0 Å². The SMILES string of the molecule is C=C(C)C1CCC2(OC(=O)/C=C/C(=O)O)CCC3(C)C(CCC4C5(C)CCC(O)C(C)(C)C5CCC43C)C12. The molecule has 0 heterocycles. The van der Waals surface area contributed by atoms with Crippen LogP contribution in [0, 0.1) is 51.2 Å². The first-order valence-corrected chi connectivity index (χ1v) is 15.1. The van der Waals surface area contributed by atoms with Crippen molar-refractivity contribution in [2.24, 2.45) is 51.2 Å². The van der Waals surface area contributed by atoms with E-state index in [1.807, 2.05) is 0 Å². The molecule has 212 valence electrons. The van der Waals surface area contributed by atoms with E-state index < -0.39 is 17.5 Å². The summed E-state index contributed by atoms with van der Waals surface area (Å²) in [7, 11) is 0. The highest BCUT2D eigenvalue weighted by atomic mass is 16.6. The van der Waals surface area contributed by atoms with Crippen molar-refractivity contribution in [3.05, 3.63) is 24.3 Å². The van der Waals surface area contributed by atoms with Gasteiger partial charge in [0.1, 0.15) is 5.60 Å². The quantitative estimate of drug-likeness (QED) is 0.235. The first-order chi connectivity index (χ1) is 17.6. The lowest BCUT2D eigenvalue weighted by Gasteiger charge is -2.72. The molecule has 5 aliphatic carbocycles. The number of fused-ring (bicyclic) bond motifs is 7. The number of aliphatic hydroxyl groups is 1. The number of rotatable bonds is 4. The molecule has 5 rings (SSSR count). The van der Waals surface area contributed by atoms with E-state index >= 15 is 0 Å². The van der Waals surface area contributed by atoms with E-state index in [0.717, 1.165) is 57.1 Å². The predicted molar refractivity (Wildman–Crippen MR) is 148 cm³/mol. The Bertz CT molecular complexity index is 1040. The molecule has 2 N–H and O–H groups in total. The lowest BCUT2D eigenvalue weighted by molar-refractivity contribution is -0.256. The summed E-state index contributed by atoms with van der Waals surface area (Å²) in [6.45, 7) is 18.8. The second kappa shape index (κ2) is 8.94. The van der Waals surface area contributed by atoms with Gasteiger partial charge >= 0.3 is 11.9 Å². The summed E-state index contributed by atoms with van der Waals surface area (Å²) >= 11 is 0. The van der Waals surface area contributed by atoms with Gasteiger partial charge in [0, 0.05) is 18.1 Å². The zero-order valence-corrected chi connectivity index (χ0v) is 24.5. The monoisotopic (exact) mass is 526 g/mol. The molecular formula is C33H50O5. The first-order valence-electron chi connectivity index (χ1n) is 15.1. The average Bonchev–Trinajstić information content (AvgIpc) is 3.20. The smallest absolute Gasteiger partial charge is 0.331 e. The van der Waals surface area contributed by atoms with E-state index in [1.165, 1.54) is 24.8 Å². The molecule has 5 fully saturated rings. The lowest BCUT2D eigenvalue weighted by Crippen LogP contribution is -2.67. The number of aliphatic carboxylic acids is 1. The highest BCUT2D eigenvalue weighted by Crippen LogP contribution is 2.76. The normalized spacial score (nSPS) is 49.3. The number of allylic oxidation sites excluding steroid dienone is 1. The fraction of sp³-hybridized carbons (Fsp3) is 0.818. The third-order valence-corrected chi connectivity index (χ3v) is 13.6. The van der Waals surface area contributed by atoms with Crippen LogP contribution in [0.25, 0.3) is 0 Å². The van der Waals surface area contributed by atoms with Crippen molar-refractivity contribution in [1.29, 1.82) is 0 Å². The molecule has 0 amide bonds. The zero-order valence-electron chi connectivity index (χ0n) is 24.5. The minimum atomic E-state index is -1.13. The summed E-state index contributed by atoms with van der Waals surface area (Å²) in [5, 5.41) is 20.0. The molecule has 0 saturated heterocycles. The molecule has 5 saturated carbocycles. The van der Waals surface area contributed by atoms with Gasteiger partial charge in [-0.2, -0.15) is 0 Å². The van der Waals surface area contributed by atoms with Crippen molar-refractivity contribution >= 4 is 11.9 Å². The van der Waals surface area contributed by atoms with Crippen LogP contribution in [0.1, 0.15) is 106 Å². The molecule has 0 bridgehead atoms.